The Balaban J connectivity index is 3.08. The van der Waals surface area contributed by atoms with E-state index in [0.29, 0.717) is 11.5 Å². The summed E-state index contributed by atoms with van der Waals surface area (Å²) in [6, 6.07) is 5.60. The van der Waals surface area contributed by atoms with E-state index in [1.807, 2.05) is 18.2 Å². The number of aliphatic hydroxyl groups is 1. The van der Waals surface area contributed by atoms with Crippen LogP contribution in [0, 0.1) is 0 Å². The summed E-state index contributed by atoms with van der Waals surface area (Å²) in [5.74, 6) is 1.37. The highest BCUT2D eigenvalue weighted by atomic mass is 16.5. The Morgan fingerprint density at radius 2 is 2.07 bits per heavy atom. The van der Waals surface area contributed by atoms with Crippen LogP contribution in [0.15, 0.2) is 24.3 Å². The van der Waals surface area contributed by atoms with Crippen molar-refractivity contribution in [1.82, 2.24) is 0 Å². The van der Waals surface area contributed by atoms with Crippen molar-refractivity contribution in [2.75, 3.05) is 20.8 Å². The minimum absolute atomic E-state index is 0.0143. The van der Waals surface area contributed by atoms with Crippen LogP contribution in [0.1, 0.15) is 5.56 Å². The topological polar surface area (TPSA) is 38.7 Å². The molecule has 0 unspecified atom stereocenters. The lowest BCUT2D eigenvalue weighted by Crippen LogP contribution is -1.92. The molecule has 0 heterocycles. The third-order valence-electron chi connectivity index (χ3n) is 1.84. The van der Waals surface area contributed by atoms with E-state index < -0.39 is 0 Å². The second-order valence-electron chi connectivity index (χ2n) is 2.67. The lowest BCUT2D eigenvalue weighted by molar-refractivity contribution is 0.343. The second kappa shape index (κ2) is 5.29. The fraction of sp³-hybridized carbons (Fsp3) is 0.273. The van der Waals surface area contributed by atoms with E-state index in [9.17, 15) is 0 Å². The van der Waals surface area contributed by atoms with Gasteiger partial charge < -0.3 is 14.6 Å². The van der Waals surface area contributed by atoms with Gasteiger partial charge in [0.2, 0.25) is 0 Å². The summed E-state index contributed by atoms with van der Waals surface area (Å²) in [6.07, 6.45) is 3.44. The molecule has 14 heavy (non-hydrogen) atoms. The van der Waals surface area contributed by atoms with Gasteiger partial charge in [-0.05, 0) is 6.07 Å². The highest BCUT2D eigenvalue weighted by molar-refractivity contribution is 5.62. The minimum atomic E-state index is 0.0143. The molecule has 0 saturated carbocycles. The summed E-state index contributed by atoms with van der Waals surface area (Å²) in [7, 11) is 3.19. The van der Waals surface area contributed by atoms with Gasteiger partial charge in [-0.25, -0.2) is 0 Å². The van der Waals surface area contributed by atoms with Crippen molar-refractivity contribution in [3.63, 3.8) is 0 Å². The van der Waals surface area contributed by atoms with E-state index in [1.54, 1.807) is 26.4 Å². The average Bonchev–Trinajstić information content (AvgIpc) is 2.25. The maximum absolute atomic E-state index is 8.66. The zero-order valence-corrected chi connectivity index (χ0v) is 8.36. The molecule has 0 amide bonds. The van der Waals surface area contributed by atoms with E-state index in [-0.39, 0.29) is 6.61 Å². The number of hydrogen-bond acceptors (Lipinski definition) is 3. The van der Waals surface area contributed by atoms with E-state index >= 15 is 0 Å². The predicted octanol–water partition coefficient (Wildman–Crippen LogP) is 1.71. The molecule has 0 aliphatic rings. The third-order valence-corrected chi connectivity index (χ3v) is 1.84. The number of ether oxygens (including phenoxy) is 2. The second-order valence-corrected chi connectivity index (χ2v) is 2.67. The molecule has 0 aliphatic carbocycles. The fourth-order valence-electron chi connectivity index (χ4n) is 1.22. The van der Waals surface area contributed by atoms with Gasteiger partial charge in [-0.15, -0.1) is 0 Å². The quantitative estimate of drug-likeness (QED) is 0.793. The van der Waals surface area contributed by atoms with Crippen LogP contribution in [-0.4, -0.2) is 25.9 Å². The van der Waals surface area contributed by atoms with Crippen molar-refractivity contribution in [3.05, 3.63) is 29.8 Å². The highest BCUT2D eigenvalue weighted by Gasteiger charge is 2.05. The van der Waals surface area contributed by atoms with Gasteiger partial charge in [0.1, 0.15) is 0 Å². The molecule has 0 fully saturated rings. The molecule has 1 aromatic rings. The van der Waals surface area contributed by atoms with E-state index in [0.717, 1.165) is 5.56 Å². The summed E-state index contributed by atoms with van der Waals surface area (Å²) in [6.45, 7) is 0.0143. The number of rotatable bonds is 4. The lowest BCUT2D eigenvalue weighted by atomic mass is 10.1. The van der Waals surface area contributed by atoms with Crippen LogP contribution in [-0.2, 0) is 0 Å². The number of hydrogen-bond donors (Lipinski definition) is 1. The van der Waals surface area contributed by atoms with Crippen LogP contribution < -0.4 is 9.47 Å². The summed E-state index contributed by atoms with van der Waals surface area (Å²) >= 11 is 0. The van der Waals surface area contributed by atoms with Crippen molar-refractivity contribution >= 4 is 6.08 Å². The average molecular weight is 194 g/mol. The normalized spacial score (nSPS) is 10.5. The molecular weight excluding hydrogens is 180 g/mol. The molecule has 0 bridgehead atoms. The first kappa shape index (κ1) is 10.6. The Morgan fingerprint density at radius 1 is 1.29 bits per heavy atom. The van der Waals surface area contributed by atoms with Gasteiger partial charge in [0.05, 0.1) is 20.8 Å². The smallest absolute Gasteiger partial charge is 0.167 e. The molecule has 0 radical (unpaired) electrons. The molecule has 1 N–H and O–H groups in total. The van der Waals surface area contributed by atoms with E-state index in [1.165, 1.54) is 0 Å². The summed E-state index contributed by atoms with van der Waals surface area (Å²) in [4.78, 5) is 0. The van der Waals surface area contributed by atoms with Crippen molar-refractivity contribution in [2.24, 2.45) is 0 Å². The zero-order chi connectivity index (χ0) is 10.4. The van der Waals surface area contributed by atoms with Gasteiger partial charge in [0.25, 0.3) is 0 Å². The molecule has 76 valence electrons. The van der Waals surface area contributed by atoms with Gasteiger partial charge >= 0.3 is 0 Å². The Hall–Kier alpha value is -1.48. The van der Waals surface area contributed by atoms with Crippen molar-refractivity contribution in [2.45, 2.75) is 0 Å². The SMILES string of the molecule is COc1cccc(C=CCO)c1OC. The third kappa shape index (κ3) is 2.26. The number of methoxy groups -OCH3 is 2. The van der Waals surface area contributed by atoms with Gasteiger partial charge in [0.15, 0.2) is 11.5 Å². The molecule has 3 heteroatoms. The van der Waals surface area contributed by atoms with E-state index in [4.69, 9.17) is 14.6 Å². The van der Waals surface area contributed by atoms with E-state index in [2.05, 4.69) is 0 Å². The van der Waals surface area contributed by atoms with Crippen molar-refractivity contribution in [3.8, 4) is 11.5 Å². The molecule has 0 aromatic heterocycles. The minimum Gasteiger partial charge on any atom is -0.493 e. The molecule has 3 nitrogen and oxygen atoms in total. The first-order valence-electron chi connectivity index (χ1n) is 4.32. The Kier molecular flexibility index (Phi) is 4.01. The van der Waals surface area contributed by atoms with Crippen molar-refractivity contribution < 1.29 is 14.6 Å². The standard InChI is InChI=1S/C11H14O3/c1-13-10-7-3-5-9(6-4-8-12)11(10)14-2/h3-7,12H,8H2,1-2H3. The van der Waals surface area contributed by atoms with Gasteiger partial charge in [0, 0.05) is 5.56 Å². The lowest BCUT2D eigenvalue weighted by Gasteiger charge is -2.09. The summed E-state index contributed by atoms with van der Waals surface area (Å²) in [5.41, 5.74) is 0.890. The number of benzene rings is 1. The van der Waals surface area contributed by atoms with Gasteiger partial charge in [-0.3, -0.25) is 0 Å². The monoisotopic (exact) mass is 194 g/mol. The Labute approximate surface area is 83.6 Å². The Bertz CT molecular complexity index is 318. The first-order valence-corrected chi connectivity index (χ1v) is 4.32. The summed E-state index contributed by atoms with van der Waals surface area (Å²) < 4.78 is 10.3. The van der Waals surface area contributed by atoms with Crippen LogP contribution in [0.2, 0.25) is 0 Å². The largest absolute Gasteiger partial charge is 0.493 e. The maximum atomic E-state index is 8.66. The van der Waals surface area contributed by atoms with Crippen LogP contribution in [0.25, 0.3) is 6.08 Å². The fourth-order valence-corrected chi connectivity index (χ4v) is 1.22. The van der Waals surface area contributed by atoms with Crippen LogP contribution >= 0.6 is 0 Å². The van der Waals surface area contributed by atoms with Gasteiger partial charge in [-0.1, -0.05) is 24.3 Å². The molecule has 1 aromatic carbocycles. The van der Waals surface area contributed by atoms with Crippen LogP contribution in [0.5, 0.6) is 11.5 Å². The molecule has 0 saturated heterocycles. The van der Waals surface area contributed by atoms with Gasteiger partial charge in [-0.2, -0.15) is 0 Å². The summed E-state index contributed by atoms with van der Waals surface area (Å²) in [5, 5.41) is 8.66. The Morgan fingerprint density at radius 3 is 2.64 bits per heavy atom. The molecule has 0 spiro atoms. The highest BCUT2D eigenvalue weighted by Crippen LogP contribution is 2.31. The maximum Gasteiger partial charge on any atom is 0.167 e. The molecule has 1 rings (SSSR count). The number of para-hydroxylation sites is 1. The van der Waals surface area contributed by atoms with Crippen LogP contribution in [0.3, 0.4) is 0 Å². The van der Waals surface area contributed by atoms with Crippen LogP contribution in [0.4, 0.5) is 0 Å². The first-order chi connectivity index (χ1) is 6.83. The zero-order valence-electron chi connectivity index (χ0n) is 8.36. The predicted molar refractivity (Wildman–Crippen MR) is 55.7 cm³/mol. The van der Waals surface area contributed by atoms with Crippen molar-refractivity contribution in [1.29, 1.82) is 0 Å². The molecule has 0 atom stereocenters. The molecule has 0 aliphatic heterocycles. The molecular formula is C11H14O3. The number of aliphatic hydroxyl groups excluding tert-OH is 1.